The normalized spacial score (nSPS) is 15.9. The first-order valence-electron chi connectivity index (χ1n) is 8.14. The van der Waals surface area contributed by atoms with E-state index in [0.717, 1.165) is 6.08 Å². The van der Waals surface area contributed by atoms with E-state index in [-0.39, 0.29) is 29.4 Å². The van der Waals surface area contributed by atoms with Crippen LogP contribution in [0, 0.1) is 0 Å². The summed E-state index contributed by atoms with van der Waals surface area (Å²) in [6, 6.07) is 9.68. The predicted molar refractivity (Wildman–Crippen MR) is 99.7 cm³/mol. The SMILES string of the molecule is CCOc1cc(/C=C2\C(=O)N(c3ccc(Cl)cc3)N=C2C(F)(F)F)ccc1O. The van der Waals surface area contributed by atoms with Crippen molar-refractivity contribution in [3.63, 3.8) is 0 Å². The van der Waals surface area contributed by atoms with Gasteiger partial charge in [-0.25, -0.2) is 0 Å². The average Bonchev–Trinajstić information content (AvgIpc) is 2.96. The van der Waals surface area contributed by atoms with Crippen LogP contribution in [0.25, 0.3) is 6.08 Å². The van der Waals surface area contributed by atoms with Gasteiger partial charge in [0.25, 0.3) is 5.91 Å². The maximum atomic E-state index is 13.5. The number of aromatic hydroxyl groups is 1. The molecular formula is C19H14ClF3N2O3. The minimum Gasteiger partial charge on any atom is -0.504 e. The van der Waals surface area contributed by atoms with Gasteiger partial charge < -0.3 is 9.84 Å². The average molecular weight is 411 g/mol. The van der Waals surface area contributed by atoms with E-state index in [4.69, 9.17) is 16.3 Å². The van der Waals surface area contributed by atoms with Gasteiger partial charge in [0, 0.05) is 5.02 Å². The monoisotopic (exact) mass is 410 g/mol. The number of benzene rings is 2. The molecule has 0 radical (unpaired) electrons. The molecule has 2 aromatic carbocycles. The summed E-state index contributed by atoms with van der Waals surface area (Å²) in [5.41, 5.74) is -1.52. The highest BCUT2D eigenvalue weighted by atomic mass is 35.5. The van der Waals surface area contributed by atoms with Crippen molar-refractivity contribution in [3.05, 3.63) is 58.6 Å². The molecule has 0 fully saturated rings. The summed E-state index contributed by atoms with van der Waals surface area (Å²) in [5.74, 6) is -0.989. The molecule has 0 saturated heterocycles. The fourth-order valence-corrected chi connectivity index (χ4v) is 2.70. The van der Waals surface area contributed by atoms with Crippen LogP contribution in [0.4, 0.5) is 18.9 Å². The first-order chi connectivity index (χ1) is 13.2. The number of hydrogen-bond donors (Lipinski definition) is 1. The van der Waals surface area contributed by atoms with E-state index in [1.54, 1.807) is 6.92 Å². The molecule has 0 saturated carbocycles. The fraction of sp³-hybridized carbons (Fsp3) is 0.158. The second-order valence-corrected chi connectivity index (χ2v) is 6.19. The van der Waals surface area contributed by atoms with E-state index in [9.17, 15) is 23.1 Å². The number of hydrogen-bond acceptors (Lipinski definition) is 4. The van der Waals surface area contributed by atoms with E-state index >= 15 is 0 Å². The van der Waals surface area contributed by atoms with Crippen LogP contribution in [0.3, 0.4) is 0 Å². The van der Waals surface area contributed by atoms with Crippen LogP contribution in [0.2, 0.25) is 5.02 Å². The van der Waals surface area contributed by atoms with Crippen LogP contribution in [0.1, 0.15) is 12.5 Å². The fourth-order valence-electron chi connectivity index (χ4n) is 2.57. The van der Waals surface area contributed by atoms with Crippen molar-refractivity contribution in [2.45, 2.75) is 13.1 Å². The van der Waals surface area contributed by atoms with Gasteiger partial charge in [0.05, 0.1) is 17.9 Å². The number of phenols is 1. The van der Waals surface area contributed by atoms with Crippen LogP contribution in [0.5, 0.6) is 11.5 Å². The topological polar surface area (TPSA) is 62.1 Å². The van der Waals surface area contributed by atoms with Crippen molar-refractivity contribution < 1.29 is 27.8 Å². The van der Waals surface area contributed by atoms with E-state index in [0.29, 0.717) is 10.0 Å². The van der Waals surface area contributed by atoms with Crippen molar-refractivity contribution in [2.75, 3.05) is 11.6 Å². The van der Waals surface area contributed by atoms with Gasteiger partial charge in [-0.05, 0) is 55.0 Å². The van der Waals surface area contributed by atoms with E-state index < -0.39 is 23.4 Å². The lowest BCUT2D eigenvalue weighted by Crippen LogP contribution is -2.25. The maximum absolute atomic E-state index is 13.5. The predicted octanol–water partition coefficient (Wildman–Crippen LogP) is 4.79. The Morgan fingerprint density at radius 2 is 1.89 bits per heavy atom. The van der Waals surface area contributed by atoms with Gasteiger partial charge in [0.15, 0.2) is 17.2 Å². The summed E-state index contributed by atoms with van der Waals surface area (Å²) in [4.78, 5) is 12.7. The lowest BCUT2D eigenvalue weighted by Gasteiger charge is -2.11. The number of carbonyl (C=O) groups is 1. The Morgan fingerprint density at radius 1 is 1.21 bits per heavy atom. The zero-order chi connectivity index (χ0) is 20.5. The van der Waals surface area contributed by atoms with E-state index in [1.807, 2.05) is 0 Å². The second-order valence-electron chi connectivity index (χ2n) is 5.76. The summed E-state index contributed by atoms with van der Waals surface area (Å²) in [6.07, 6.45) is -3.77. The van der Waals surface area contributed by atoms with E-state index in [1.165, 1.54) is 42.5 Å². The number of carbonyl (C=O) groups excluding carboxylic acids is 1. The highest BCUT2D eigenvalue weighted by Gasteiger charge is 2.46. The number of amides is 1. The number of hydrazone groups is 1. The molecule has 2 aromatic rings. The maximum Gasteiger partial charge on any atom is 0.435 e. The number of alkyl halides is 3. The minimum absolute atomic E-state index is 0.0994. The Kier molecular flexibility index (Phi) is 5.33. The molecule has 9 heteroatoms. The Morgan fingerprint density at radius 3 is 2.50 bits per heavy atom. The van der Waals surface area contributed by atoms with Crippen LogP contribution < -0.4 is 9.75 Å². The zero-order valence-corrected chi connectivity index (χ0v) is 15.3. The highest BCUT2D eigenvalue weighted by molar-refractivity contribution is 6.34. The molecule has 0 spiro atoms. The van der Waals surface area contributed by atoms with Gasteiger partial charge in [-0.1, -0.05) is 17.7 Å². The van der Waals surface area contributed by atoms with E-state index in [2.05, 4.69) is 5.10 Å². The smallest absolute Gasteiger partial charge is 0.435 e. The Balaban J connectivity index is 2.05. The molecule has 1 aliphatic rings. The summed E-state index contributed by atoms with van der Waals surface area (Å²) in [6.45, 7) is 1.95. The highest BCUT2D eigenvalue weighted by Crippen LogP contribution is 2.34. The van der Waals surface area contributed by atoms with Gasteiger partial charge in [-0.3, -0.25) is 4.79 Å². The molecule has 0 bridgehead atoms. The zero-order valence-electron chi connectivity index (χ0n) is 14.5. The lowest BCUT2D eigenvalue weighted by molar-refractivity contribution is -0.114. The molecule has 1 aliphatic heterocycles. The summed E-state index contributed by atoms with van der Waals surface area (Å²) < 4.78 is 45.6. The standard InChI is InChI=1S/C19H14ClF3N2O3/c1-2-28-16-10-11(3-8-15(16)26)9-14-17(19(21,22)23)24-25(18(14)27)13-6-4-12(20)5-7-13/h3-10,26H,2H2,1H3/b14-9-. The number of nitrogens with zero attached hydrogens (tertiary/aromatic N) is 2. The first-order valence-corrected chi connectivity index (χ1v) is 8.52. The van der Waals surface area contributed by atoms with Crippen LogP contribution in [0.15, 0.2) is 53.1 Å². The molecule has 0 unspecified atom stereocenters. The Hall–Kier alpha value is -3.00. The van der Waals surface area contributed by atoms with Crippen molar-refractivity contribution in [1.29, 1.82) is 0 Å². The summed E-state index contributed by atoms with van der Waals surface area (Å²) >= 11 is 5.78. The number of ether oxygens (including phenoxy) is 1. The largest absolute Gasteiger partial charge is 0.504 e. The third-order valence-corrected chi connectivity index (χ3v) is 4.06. The van der Waals surface area contributed by atoms with Crippen molar-refractivity contribution in [1.82, 2.24) is 0 Å². The van der Waals surface area contributed by atoms with Crippen LogP contribution in [-0.4, -0.2) is 29.5 Å². The molecule has 0 aromatic heterocycles. The van der Waals surface area contributed by atoms with Gasteiger partial charge in [-0.2, -0.15) is 23.3 Å². The van der Waals surface area contributed by atoms with Gasteiger partial charge in [-0.15, -0.1) is 0 Å². The van der Waals surface area contributed by atoms with Crippen LogP contribution in [-0.2, 0) is 4.79 Å². The molecule has 0 aliphatic carbocycles. The molecule has 1 N–H and O–H groups in total. The van der Waals surface area contributed by atoms with Gasteiger partial charge >= 0.3 is 6.18 Å². The molecule has 3 rings (SSSR count). The summed E-state index contributed by atoms with van der Waals surface area (Å²) in [5, 5.41) is 14.3. The van der Waals surface area contributed by atoms with Crippen molar-refractivity contribution >= 4 is 35.0 Å². The van der Waals surface area contributed by atoms with Gasteiger partial charge in [0.2, 0.25) is 0 Å². The lowest BCUT2D eigenvalue weighted by atomic mass is 10.1. The third-order valence-electron chi connectivity index (χ3n) is 3.81. The molecule has 5 nitrogen and oxygen atoms in total. The van der Waals surface area contributed by atoms with Crippen molar-refractivity contribution in [2.24, 2.45) is 5.10 Å². The number of phenolic OH excluding ortho intramolecular Hbond substituents is 1. The number of halogens is 4. The Labute approximate surface area is 163 Å². The van der Waals surface area contributed by atoms with Gasteiger partial charge in [0.1, 0.15) is 0 Å². The molecule has 28 heavy (non-hydrogen) atoms. The number of rotatable bonds is 4. The molecule has 0 atom stereocenters. The molecule has 1 amide bonds. The quantitative estimate of drug-likeness (QED) is 0.737. The van der Waals surface area contributed by atoms with Crippen LogP contribution >= 0.6 is 11.6 Å². The molecule has 1 heterocycles. The second kappa shape index (κ2) is 7.55. The molecule has 146 valence electrons. The number of anilines is 1. The minimum atomic E-state index is -4.83. The first kappa shape index (κ1) is 19.8. The summed E-state index contributed by atoms with van der Waals surface area (Å²) in [7, 11) is 0. The van der Waals surface area contributed by atoms with Crippen molar-refractivity contribution in [3.8, 4) is 11.5 Å². The molecular weight excluding hydrogens is 397 g/mol. The Bertz CT molecular complexity index is 969. The third kappa shape index (κ3) is 3.96.